The average molecular weight is 353 g/mol. The molecule has 0 fully saturated rings. The highest BCUT2D eigenvalue weighted by Crippen LogP contribution is 2.34. The molecule has 0 amide bonds. The van der Waals surface area contributed by atoms with Crippen LogP contribution >= 0.6 is 34.5 Å². The van der Waals surface area contributed by atoms with Gasteiger partial charge >= 0.3 is 5.97 Å². The van der Waals surface area contributed by atoms with Crippen LogP contribution in [0.3, 0.4) is 0 Å². The number of rotatable bonds is 4. The van der Waals surface area contributed by atoms with E-state index in [1.165, 1.54) is 11.3 Å². The van der Waals surface area contributed by atoms with E-state index in [4.69, 9.17) is 28.3 Å². The Labute approximate surface area is 140 Å². The van der Waals surface area contributed by atoms with Crippen LogP contribution < -0.4 is 5.32 Å². The van der Waals surface area contributed by atoms with Crippen LogP contribution in [0, 0.1) is 0 Å². The zero-order chi connectivity index (χ0) is 15.7. The molecule has 1 heterocycles. The largest absolute Gasteiger partial charge is 0.481 e. The molecule has 22 heavy (non-hydrogen) atoms. The number of carboxylic acids is 1. The molecule has 7 heteroatoms. The number of aromatic nitrogens is 1. The molecule has 0 bridgehead atoms. The van der Waals surface area contributed by atoms with E-state index in [9.17, 15) is 4.79 Å². The summed E-state index contributed by atoms with van der Waals surface area (Å²) in [4.78, 5) is 15.2. The molecule has 0 atom stereocenters. The lowest BCUT2D eigenvalue weighted by atomic mass is 10.1. The first-order chi connectivity index (χ1) is 10.5. The zero-order valence-corrected chi connectivity index (χ0v) is 13.5. The fourth-order valence-electron chi connectivity index (χ4n) is 2.02. The summed E-state index contributed by atoms with van der Waals surface area (Å²) < 4.78 is 1.06. The van der Waals surface area contributed by atoms with Gasteiger partial charge in [0.25, 0.3) is 0 Å². The summed E-state index contributed by atoms with van der Waals surface area (Å²) in [5.41, 5.74) is 1.98. The van der Waals surface area contributed by atoms with Gasteiger partial charge in [0.1, 0.15) is 0 Å². The third-order valence-electron chi connectivity index (χ3n) is 3.01. The predicted octanol–water partition coefficient (Wildman–Crippen LogP) is 4.97. The van der Waals surface area contributed by atoms with E-state index in [1.807, 2.05) is 24.3 Å². The maximum Gasteiger partial charge on any atom is 0.307 e. The first kappa shape index (κ1) is 15.1. The van der Waals surface area contributed by atoms with Gasteiger partial charge in [0, 0.05) is 5.02 Å². The van der Waals surface area contributed by atoms with Crippen molar-refractivity contribution in [3.63, 3.8) is 0 Å². The molecule has 112 valence electrons. The van der Waals surface area contributed by atoms with E-state index < -0.39 is 5.97 Å². The highest BCUT2D eigenvalue weighted by Gasteiger charge is 2.12. The molecule has 2 aromatic carbocycles. The van der Waals surface area contributed by atoms with Gasteiger partial charge in [-0.25, -0.2) is 4.98 Å². The van der Waals surface area contributed by atoms with Crippen LogP contribution in [-0.2, 0) is 11.2 Å². The standard InChI is InChI=1S/C15H10Cl2N2O2S/c16-9-7-12(10(17)5-8(9)6-14(20)21)19-15-18-11-3-1-2-4-13(11)22-15/h1-5,7H,6H2,(H,18,19)(H,20,21). The maximum absolute atomic E-state index is 10.8. The molecule has 3 aromatic rings. The van der Waals surface area contributed by atoms with Crippen LogP contribution in [0.2, 0.25) is 10.0 Å². The van der Waals surface area contributed by atoms with Crippen molar-refractivity contribution >= 4 is 61.5 Å². The van der Waals surface area contributed by atoms with Gasteiger partial charge in [0.15, 0.2) is 5.13 Å². The minimum atomic E-state index is -0.954. The van der Waals surface area contributed by atoms with Crippen LogP contribution in [0.4, 0.5) is 10.8 Å². The van der Waals surface area contributed by atoms with Gasteiger partial charge in [-0.1, -0.05) is 46.7 Å². The quantitative estimate of drug-likeness (QED) is 0.695. The molecule has 0 spiro atoms. The molecule has 0 aliphatic carbocycles. The Morgan fingerprint density at radius 2 is 2.00 bits per heavy atom. The number of para-hydroxylation sites is 1. The average Bonchev–Trinajstić information content (AvgIpc) is 2.86. The van der Waals surface area contributed by atoms with Crippen molar-refractivity contribution in [2.45, 2.75) is 6.42 Å². The number of benzene rings is 2. The Bertz CT molecular complexity index is 831. The molecule has 0 unspecified atom stereocenters. The second-order valence-corrected chi connectivity index (χ2v) is 6.45. The SMILES string of the molecule is O=C(O)Cc1cc(Cl)c(Nc2nc3ccccc3s2)cc1Cl. The molecule has 0 saturated carbocycles. The minimum Gasteiger partial charge on any atom is -0.481 e. The van der Waals surface area contributed by atoms with Gasteiger partial charge in [-0.3, -0.25) is 4.79 Å². The van der Waals surface area contributed by atoms with Crippen LogP contribution in [-0.4, -0.2) is 16.1 Å². The summed E-state index contributed by atoms with van der Waals surface area (Å²) in [5.74, 6) is -0.954. The van der Waals surface area contributed by atoms with Crippen LogP contribution in [0.15, 0.2) is 36.4 Å². The number of hydrogen-bond acceptors (Lipinski definition) is 4. The van der Waals surface area contributed by atoms with Crippen molar-refractivity contribution in [1.29, 1.82) is 0 Å². The number of nitrogens with zero attached hydrogens (tertiary/aromatic N) is 1. The van der Waals surface area contributed by atoms with Crippen LogP contribution in [0.25, 0.3) is 10.2 Å². The van der Waals surface area contributed by atoms with Crippen molar-refractivity contribution in [2.24, 2.45) is 0 Å². The highest BCUT2D eigenvalue weighted by atomic mass is 35.5. The fourth-order valence-corrected chi connectivity index (χ4v) is 3.37. The van der Waals surface area contributed by atoms with Gasteiger partial charge in [-0.05, 0) is 29.8 Å². The number of carbonyl (C=O) groups is 1. The molecule has 2 N–H and O–H groups in total. The Balaban J connectivity index is 1.91. The second-order valence-electron chi connectivity index (χ2n) is 4.61. The van der Waals surface area contributed by atoms with Crippen molar-refractivity contribution in [1.82, 2.24) is 4.98 Å². The molecular weight excluding hydrogens is 343 g/mol. The molecule has 0 saturated heterocycles. The minimum absolute atomic E-state index is 0.167. The van der Waals surface area contributed by atoms with E-state index in [2.05, 4.69) is 10.3 Å². The maximum atomic E-state index is 10.8. The Kier molecular flexibility index (Phi) is 4.20. The van der Waals surface area contributed by atoms with E-state index in [0.717, 1.165) is 10.2 Å². The Hall–Kier alpha value is -1.82. The van der Waals surface area contributed by atoms with Gasteiger partial charge in [-0.15, -0.1) is 0 Å². The molecule has 0 aliphatic rings. The number of hydrogen-bond donors (Lipinski definition) is 2. The highest BCUT2D eigenvalue weighted by molar-refractivity contribution is 7.22. The third kappa shape index (κ3) is 3.16. The van der Waals surface area contributed by atoms with E-state index in [-0.39, 0.29) is 6.42 Å². The van der Waals surface area contributed by atoms with E-state index >= 15 is 0 Å². The number of anilines is 2. The summed E-state index contributed by atoms with van der Waals surface area (Å²) in [6.07, 6.45) is -0.167. The van der Waals surface area contributed by atoms with Crippen molar-refractivity contribution in [3.05, 3.63) is 52.0 Å². The summed E-state index contributed by atoms with van der Waals surface area (Å²) >= 11 is 13.8. The molecule has 4 nitrogen and oxygen atoms in total. The van der Waals surface area contributed by atoms with Gasteiger partial charge in [-0.2, -0.15) is 0 Å². The first-order valence-electron chi connectivity index (χ1n) is 6.35. The summed E-state index contributed by atoms with van der Waals surface area (Å²) in [5, 5.41) is 13.4. The number of fused-ring (bicyclic) bond motifs is 1. The summed E-state index contributed by atoms with van der Waals surface area (Å²) in [6, 6.07) is 11.0. The molecule has 0 radical (unpaired) electrons. The lowest BCUT2D eigenvalue weighted by Crippen LogP contribution is -2.01. The predicted molar refractivity (Wildman–Crippen MR) is 90.7 cm³/mol. The van der Waals surface area contributed by atoms with E-state index in [0.29, 0.717) is 26.4 Å². The summed E-state index contributed by atoms with van der Waals surface area (Å²) in [6.45, 7) is 0. The van der Waals surface area contributed by atoms with E-state index in [1.54, 1.807) is 12.1 Å². The number of nitrogens with one attached hydrogen (secondary N) is 1. The van der Waals surface area contributed by atoms with Crippen molar-refractivity contribution in [2.75, 3.05) is 5.32 Å². The number of thiazole rings is 1. The number of halogens is 2. The number of aliphatic carboxylic acids is 1. The van der Waals surface area contributed by atoms with Gasteiger partial charge in [0.05, 0.1) is 27.3 Å². The Morgan fingerprint density at radius 1 is 1.23 bits per heavy atom. The number of carboxylic acid groups (broad SMARTS) is 1. The van der Waals surface area contributed by atoms with Gasteiger partial charge < -0.3 is 10.4 Å². The van der Waals surface area contributed by atoms with Crippen molar-refractivity contribution in [3.8, 4) is 0 Å². The fraction of sp³-hybridized carbons (Fsp3) is 0.0667. The normalized spacial score (nSPS) is 10.8. The van der Waals surface area contributed by atoms with Crippen LogP contribution in [0.1, 0.15) is 5.56 Å². The monoisotopic (exact) mass is 352 g/mol. The molecular formula is C15H10Cl2N2O2S. The second kappa shape index (κ2) is 6.12. The smallest absolute Gasteiger partial charge is 0.307 e. The molecule has 3 rings (SSSR count). The topological polar surface area (TPSA) is 62.2 Å². The first-order valence-corrected chi connectivity index (χ1v) is 7.92. The molecule has 1 aromatic heterocycles. The zero-order valence-electron chi connectivity index (χ0n) is 11.1. The summed E-state index contributed by atoms with van der Waals surface area (Å²) in [7, 11) is 0. The van der Waals surface area contributed by atoms with Crippen LogP contribution in [0.5, 0.6) is 0 Å². The third-order valence-corrected chi connectivity index (χ3v) is 4.63. The lowest BCUT2D eigenvalue weighted by molar-refractivity contribution is -0.136. The molecule has 0 aliphatic heterocycles. The van der Waals surface area contributed by atoms with Gasteiger partial charge in [0.2, 0.25) is 0 Å². The lowest BCUT2D eigenvalue weighted by Gasteiger charge is -2.09. The Morgan fingerprint density at radius 3 is 2.73 bits per heavy atom. The van der Waals surface area contributed by atoms with Crippen molar-refractivity contribution < 1.29 is 9.90 Å².